The van der Waals surface area contributed by atoms with Crippen LogP contribution in [-0.2, 0) is 9.53 Å². The van der Waals surface area contributed by atoms with Crippen LogP contribution in [-0.4, -0.2) is 43.0 Å². The lowest BCUT2D eigenvalue weighted by Gasteiger charge is -2.30. The number of hydrogen-bond acceptors (Lipinski definition) is 2. The first-order valence-electron chi connectivity index (χ1n) is 8.40. The second-order valence-corrected chi connectivity index (χ2v) is 6.73. The Labute approximate surface area is 121 Å². The van der Waals surface area contributed by atoms with Crippen molar-refractivity contribution < 1.29 is 19.4 Å². The largest absolute Gasteiger partial charge is 0.448 e. The van der Waals surface area contributed by atoms with Gasteiger partial charge in [0.1, 0.15) is 13.0 Å². The lowest BCUT2D eigenvalue weighted by atomic mass is 9.81. The number of likely N-dealkylation sites (tertiary alicyclic amines) is 1. The van der Waals surface area contributed by atoms with Crippen molar-refractivity contribution in [3.8, 4) is 0 Å². The Hall–Kier alpha value is -0.900. The van der Waals surface area contributed by atoms with Crippen molar-refractivity contribution in [3.63, 3.8) is 0 Å². The zero-order chi connectivity index (χ0) is 14.0. The molecule has 0 aromatic carbocycles. The van der Waals surface area contributed by atoms with Crippen molar-refractivity contribution in [1.82, 2.24) is 0 Å². The third-order valence-electron chi connectivity index (χ3n) is 5.34. The second-order valence-electron chi connectivity index (χ2n) is 6.73. The van der Waals surface area contributed by atoms with E-state index in [1.807, 2.05) is 0 Å². The molecule has 1 aliphatic carbocycles. The molecule has 0 bridgehead atoms. The molecule has 2 N–H and O–H groups in total. The monoisotopic (exact) mass is 280 g/mol. The average molecular weight is 280 g/mol. The molecule has 0 aromatic rings. The maximum Gasteiger partial charge on any atom is 0.317 e. The van der Waals surface area contributed by atoms with Gasteiger partial charge in [-0.25, -0.2) is 4.99 Å². The highest BCUT2D eigenvalue weighted by Gasteiger charge is 2.51. The molecule has 20 heavy (non-hydrogen) atoms. The highest BCUT2D eigenvalue weighted by molar-refractivity contribution is 6.06. The molecule has 2 heterocycles. The summed E-state index contributed by atoms with van der Waals surface area (Å²) in [6.07, 6.45) is 8.73. The van der Waals surface area contributed by atoms with Crippen molar-refractivity contribution >= 4 is 11.7 Å². The minimum absolute atomic E-state index is 0.0232. The van der Waals surface area contributed by atoms with E-state index in [9.17, 15) is 4.79 Å². The maximum absolute atomic E-state index is 11.8. The zero-order valence-electron chi connectivity index (χ0n) is 12.7. The highest BCUT2D eigenvalue weighted by Crippen LogP contribution is 2.36. The predicted molar refractivity (Wildman–Crippen MR) is 76.8 cm³/mol. The topological polar surface area (TPSA) is 44.7 Å². The zero-order valence-corrected chi connectivity index (χ0v) is 12.7. The van der Waals surface area contributed by atoms with E-state index in [1.165, 1.54) is 57.5 Å². The summed E-state index contributed by atoms with van der Waals surface area (Å²) >= 11 is 0. The molecule has 1 saturated carbocycles. The molecule has 2 saturated heterocycles. The van der Waals surface area contributed by atoms with Gasteiger partial charge in [0.2, 0.25) is 5.71 Å². The van der Waals surface area contributed by atoms with Gasteiger partial charge in [-0.3, -0.25) is 4.79 Å². The van der Waals surface area contributed by atoms with Crippen molar-refractivity contribution in [2.24, 2.45) is 0 Å². The van der Waals surface area contributed by atoms with Gasteiger partial charge in [-0.1, -0.05) is 6.42 Å². The van der Waals surface area contributed by atoms with Crippen LogP contribution in [0, 0.1) is 0 Å². The molecule has 2 atom stereocenters. The Morgan fingerprint density at radius 1 is 1.30 bits per heavy atom. The van der Waals surface area contributed by atoms with Crippen molar-refractivity contribution in [2.45, 2.75) is 69.9 Å². The Morgan fingerprint density at radius 2 is 2.10 bits per heavy atom. The summed E-state index contributed by atoms with van der Waals surface area (Å²) in [4.78, 5) is 17.2. The fourth-order valence-corrected chi connectivity index (χ4v) is 4.17. The Morgan fingerprint density at radius 3 is 2.85 bits per heavy atom. The molecule has 4 nitrogen and oxygen atoms in total. The standard InChI is InChI=1S/C16H26N2O2/c1-2-18-10-6-7-13(12-18)17-14-11-15(19)20-16(14)8-4-3-5-9-16/h13H,2-12H2,1H3/p+2/t13-/m0/s1. The third kappa shape index (κ3) is 2.76. The van der Waals surface area contributed by atoms with Crippen LogP contribution in [0.5, 0.6) is 0 Å². The number of hydrogen-bond donors (Lipinski definition) is 2. The van der Waals surface area contributed by atoms with Gasteiger partial charge in [0.05, 0.1) is 13.1 Å². The van der Waals surface area contributed by atoms with Crippen LogP contribution in [0.25, 0.3) is 0 Å². The molecule has 1 unspecified atom stereocenters. The highest BCUT2D eigenvalue weighted by atomic mass is 16.6. The van der Waals surface area contributed by atoms with Crippen LogP contribution >= 0.6 is 0 Å². The van der Waals surface area contributed by atoms with Gasteiger partial charge in [-0.15, -0.1) is 0 Å². The number of nitrogens with one attached hydrogen (secondary N) is 2. The van der Waals surface area contributed by atoms with Gasteiger partial charge < -0.3 is 9.64 Å². The van der Waals surface area contributed by atoms with Gasteiger partial charge in [0.15, 0.2) is 11.6 Å². The summed E-state index contributed by atoms with van der Waals surface area (Å²) in [5.74, 6) is -0.0232. The van der Waals surface area contributed by atoms with E-state index in [1.54, 1.807) is 4.90 Å². The van der Waals surface area contributed by atoms with E-state index in [4.69, 9.17) is 4.74 Å². The summed E-state index contributed by atoms with van der Waals surface area (Å²) < 4.78 is 5.75. The van der Waals surface area contributed by atoms with Crippen molar-refractivity contribution in [3.05, 3.63) is 0 Å². The smallest absolute Gasteiger partial charge is 0.317 e. The van der Waals surface area contributed by atoms with Crippen molar-refractivity contribution in [1.29, 1.82) is 0 Å². The van der Waals surface area contributed by atoms with Crippen LogP contribution in [0.3, 0.4) is 0 Å². The van der Waals surface area contributed by atoms with Crippen LogP contribution in [0.1, 0.15) is 58.3 Å². The third-order valence-corrected chi connectivity index (χ3v) is 5.34. The maximum atomic E-state index is 11.8. The fraction of sp³-hybridized carbons (Fsp3) is 0.875. The molecule has 2 aliphatic heterocycles. The van der Waals surface area contributed by atoms with E-state index in [0.29, 0.717) is 12.5 Å². The summed E-state index contributed by atoms with van der Waals surface area (Å²) in [6.45, 7) is 5.94. The molecule has 3 rings (SSSR count). The SMILES string of the molecule is CC[NH+]1CCC[C@H]([NH+]=C2CC(=O)OC23CCCCC3)C1. The molecule has 0 aromatic heterocycles. The Kier molecular flexibility index (Phi) is 4.11. The molecule has 3 aliphatic rings. The summed E-state index contributed by atoms with van der Waals surface area (Å²) in [7, 11) is 0. The number of esters is 1. The van der Waals surface area contributed by atoms with E-state index < -0.39 is 0 Å². The number of carbonyl (C=O) groups is 1. The first kappa shape index (κ1) is 14.1. The molecule has 3 fully saturated rings. The summed E-state index contributed by atoms with van der Waals surface area (Å²) in [5, 5.41) is 0. The fourth-order valence-electron chi connectivity index (χ4n) is 4.17. The molecular weight excluding hydrogens is 252 g/mol. The number of ether oxygens (including phenoxy) is 1. The van der Waals surface area contributed by atoms with E-state index in [0.717, 1.165) is 12.8 Å². The van der Waals surface area contributed by atoms with E-state index >= 15 is 0 Å². The molecule has 0 amide bonds. The van der Waals surface area contributed by atoms with E-state index in [-0.39, 0.29) is 11.6 Å². The summed E-state index contributed by atoms with van der Waals surface area (Å²) in [5.41, 5.74) is 0.948. The number of carbonyl (C=O) groups excluding carboxylic acids is 1. The van der Waals surface area contributed by atoms with Crippen LogP contribution in [0.15, 0.2) is 0 Å². The number of likely N-dealkylation sites (N-methyl/N-ethyl adjacent to an activating group) is 1. The number of rotatable bonds is 2. The average Bonchev–Trinajstić information content (AvgIpc) is 2.75. The molecule has 1 spiro atoms. The lowest BCUT2D eigenvalue weighted by molar-refractivity contribution is -0.916. The molecule has 4 heteroatoms. The summed E-state index contributed by atoms with van der Waals surface area (Å²) in [6, 6.07) is 0.530. The molecule has 0 radical (unpaired) electrons. The molecule has 112 valence electrons. The van der Waals surface area contributed by atoms with E-state index in [2.05, 4.69) is 11.9 Å². The minimum atomic E-state index is -0.251. The van der Waals surface area contributed by atoms with Crippen molar-refractivity contribution in [2.75, 3.05) is 19.6 Å². The van der Waals surface area contributed by atoms with Crippen LogP contribution in [0.4, 0.5) is 0 Å². The Balaban J connectivity index is 1.76. The number of piperidine rings is 1. The Bertz CT molecular complexity index is 399. The minimum Gasteiger partial charge on any atom is -0.448 e. The van der Waals surface area contributed by atoms with Gasteiger partial charge in [-0.05, 0) is 32.6 Å². The second kappa shape index (κ2) is 5.84. The van der Waals surface area contributed by atoms with Crippen LogP contribution in [0.2, 0.25) is 0 Å². The molecular formula is C16H28N2O2+2. The first-order chi connectivity index (χ1) is 9.72. The van der Waals surface area contributed by atoms with Gasteiger partial charge in [0.25, 0.3) is 0 Å². The quantitative estimate of drug-likeness (QED) is 0.652. The van der Waals surface area contributed by atoms with Gasteiger partial charge in [-0.2, -0.15) is 0 Å². The van der Waals surface area contributed by atoms with Gasteiger partial charge >= 0.3 is 5.97 Å². The predicted octanol–water partition coefficient (Wildman–Crippen LogP) is -0.775. The van der Waals surface area contributed by atoms with Crippen LogP contribution < -0.4 is 9.89 Å². The normalized spacial score (nSPS) is 35.5. The first-order valence-corrected chi connectivity index (χ1v) is 8.40. The lowest BCUT2D eigenvalue weighted by Crippen LogP contribution is -3.16. The van der Waals surface area contributed by atoms with Gasteiger partial charge in [0, 0.05) is 12.8 Å². The number of quaternary nitrogens is 1.